The Balaban J connectivity index is 1.70. The molecule has 6 nitrogen and oxygen atoms in total. The van der Waals surface area contributed by atoms with Crippen LogP contribution in [0.4, 0.5) is 0 Å². The first-order valence-corrected chi connectivity index (χ1v) is 15.6. The standard InChI is InChI=1S/C35H50O6/c1-3-5-23-31(24-6-4-2)41-33(36)26-18-10-8-7-9-17-25-32(34(37)39-27-29-19-13-11-14-20-29)35(38)40-28-30-21-15-12-16-22-30/h11-16,19-22,31-32H,3-10,17-18,23-28H2,1-2H3. The Kier molecular flexibility index (Phi) is 17.9. The van der Waals surface area contributed by atoms with Gasteiger partial charge >= 0.3 is 17.9 Å². The van der Waals surface area contributed by atoms with Crippen LogP contribution in [0.25, 0.3) is 0 Å². The molecular formula is C35H50O6. The van der Waals surface area contributed by atoms with E-state index in [1.165, 1.54) is 0 Å². The molecule has 0 heterocycles. The summed E-state index contributed by atoms with van der Waals surface area (Å²) in [5.74, 6) is -2.10. The van der Waals surface area contributed by atoms with Gasteiger partial charge in [-0.15, -0.1) is 0 Å². The third-order valence-corrected chi connectivity index (χ3v) is 7.20. The molecule has 0 aliphatic rings. The zero-order valence-corrected chi connectivity index (χ0v) is 25.2. The maximum atomic E-state index is 12.9. The first kappa shape index (κ1) is 34.1. The van der Waals surface area contributed by atoms with E-state index >= 15 is 0 Å². The third kappa shape index (κ3) is 15.4. The molecule has 0 radical (unpaired) electrons. The van der Waals surface area contributed by atoms with Gasteiger partial charge in [-0.05, 0) is 36.8 Å². The molecule has 41 heavy (non-hydrogen) atoms. The molecule has 2 aromatic rings. The van der Waals surface area contributed by atoms with Gasteiger partial charge in [-0.25, -0.2) is 0 Å². The maximum absolute atomic E-state index is 12.9. The zero-order valence-electron chi connectivity index (χ0n) is 25.2. The number of hydrogen-bond acceptors (Lipinski definition) is 6. The minimum Gasteiger partial charge on any atom is -0.462 e. The van der Waals surface area contributed by atoms with Crippen LogP contribution in [0.3, 0.4) is 0 Å². The Morgan fingerprint density at radius 2 is 1.05 bits per heavy atom. The topological polar surface area (TPSA) is 78.9 Å². The summed E-state index contributed by atoms with van der Waals surface area (Å²) >= 11 is 0. The molecule has 0 N–H and O–H groups in total. The van der Waals surface area contributed by atoms with Crippen LogP contribution in [0.5, 0.6) is 0 Å². The molecule has 0 amide bonds. The van der Waals surface area contributed by atoms with E-state index in [0.717, 1.165) is 88.2 Å². The van der Waals surface area contributed by atoms with E-state index in [0.29, 0.717) is 12.8 Å². The van der Waals surface area contributed by atoms with E-state index in [1.807, 2.05) is 60.7 Å². The number of unbranched alkanes of at least 4 members (excludes halogenated alkanes) is 7. The molecule has 6 heteroatoms. The molecule has 0 atom stereocenters. The molecule has 0 spiro atoms. The van der Waals surface area contributed by atoms with E-state index in [2.05, 4.69) is 13.8 Å². The summed E-state index contributed by atoms with van der Waals surface area (Å²) in [5, 5.41) is 0. The number of carbonyl (C=O) groups is 3. The second-order valence-corrected chi connectivity index (χ2v) is 10.8. The van der Waals surface area contributed by atoms with Crippen molar-refractivity contribution in [3.63, 3.8) is 0 Å². The molecule has 0 aromatic heterocycles. The molecule has 0 fully saturated rings. The van der Waals surface area contributed by atoms with Crippen LogP contribution in [-0.4, -0.2) is 24.0 Å². The quantitative estimate of drug-likeness (QED) is 0.0615. The highest BCUT2D eigenvalue weighted by molar-refractivity contribution is 5.94. The first-order valence-electron chi connectivity index (χ1n) is 15.6. The SMILES string of the molecule is CCCCC(CCCC)OC(=O)CCCCCCCCC(C(=O)OCc1ccccc1)C(=O)OCc1ccccc1. The lowest BCUT2D eigenvalue weighted by Crippen LogP contribution is -2.28. The molecule has 2 rings (SSSR count). The largest absolute Gasteiger partial charge is 0.462 e. The van der Waals surface area contributed by atoms with Crippen molar-refractivity contribution in [1.29, 1.82) is 0 Å². The molecule has 0 aliphatic carbocycles. The van der Waals surface area contributed by atoms with Gasteiger partial charge in [0.25, 0.3) is 0 Å². The van der Waals surface area contributed by atoms with Gasteiger partial charge in [0.2, 0.25) is 0 Å². The van der Waals surface area contributed by atoms with Gasteiger partial charge < -0.3 is 14.2 Å². The van der Waals surface area contributed by atoms with Crippen molar-refractivity contribution >= 4 is 17.9 Å². The van der Waals surface area contributed by atoms with Gasteiger partial charge in [0.1, 0.15) is 19.3 Å². The summed E-state index contributed by atoms with van der Waals surface area (Å²) in [7, 11) is 0. The summed E-state index contributed by atoms with van der Waals surface area (Å²) < 4.78 is 16.7. The Morgan fingerprint density at radius 3 is 1.54 bits per heavy atom. The van der Waals surface area contributed by atoms with E-state index < -0.39 is 17.9 Å². The van der Waals surface area contributed by atoms with Crippen LogP contribution >= 0.6 is 0 Å². The van der Waals surface area contributed by atoms with Gasteiger partial charge in [-0.3, -0.25) is 14.4 Å². The van der Waals surface area contributed by atoms with E-state index in [4.69, 9.17) is 14.2 Å². The van der Waals surface area contributed by atoms with Gasteiger partial charge in [-0.2, -0.15) is 0 Å². The van der Waals surface area contributed by atoms with Gasteiger partial charge in [0.15, 0.2) is 5.92 Å². The summed E-state index contributed by atoms with van der Waals surface area (Å²) in [4.78, 5) is 38.0. The van der Waals surface area contributed by atoms with Gasteiger partial charge in [0, 0.05) is 6.42 Å². The smallest absolute Gasteiger partial charge is 0.320 e. The Morgan fingerprint density at radius 1 is 0.585 bits per heavy atom. The van der Waals surface area contributed by atoms with Crippen molar-refractivity contribution in [2.75, 3.05) is 0 Å². The Labute approximate surface area is 247 Å². The third-order valence-electron chi connectivity index (χ3n) is 7.20. The summed E-state index contributed by atoms with van der Waals surface area (Å²) in [5.41, 5.74) is 1.75. The van der Waals surface area contributed by atoms with Crippen molar-refractivity contribution < 1.29 is 28.6 Å². The van der Waals surface area contributed by atoms with Crippen LogP contribution < -0.4 is 0 Å². The van der Waals surface area contributed by atoms with Crippen LogP contribution in [0.15, 0.2) is 60.7 Å². The lowest BCUT2D eigenvalue weighted by molar-refractivity contribution is -0.164. The van der Waals surface area contributed by atoms with E-state index in [-0.39, 0.29) is 25.3 Å². The minimum atomic E-state index is -0.939. The number of hydrogen-bond donors (Lipinski definition) is 0. The number of esters is 3. The molecule has 0 saturated heterocycles. The number of carbonyl (C=O) groups excluding carboxylic acids is 3. The summed E-state index contributed by atoms with van der Waals surface area (Å²) in [6.07, 6.45) is 12.7. The highest BCUT2D eigenvalue weighted by Gasteiger charge is 2.29. The zero-order chi connectivity index (χ0) is 29.5. The molecule has 0 saturated carbocycles. The maximum Gasteiger partial charge on any atom is 0.320 e. The molecule has 0 aliphatic heterocycles. The highest BCUT2D eigenvalue weighted by atomic mass is 16.6. The second kappa shape index (κ2) is 21.6. The fourth-order valence-corrected chi connectivity index (χ4v) is 4.69. The van der Waals surface area contributed by atoms with E-state index in [1.54, 1.807) is 0 Å². The number of rotatable bonds is 22. The normalized spacial score (nSPS) is 11.0. The number of ether oxygens (including phenoxy) is 3. The van der Waals surface area contributed by atoms with Crippen LogP contribution in [0, 0.1) is 5.92 Å². The van der Waals surface area contributed by atoms with Crippen molar-refractivity contribution in [1.82, 2.24) is 0 Å². The van der Waals surface area contributed by atoms with Crippen molar-refractivity contribution in [3.8, 4) is 0 Å². The summed E-state index contributed by atoms with van der Waals surface area (Å²) in [6.45, 7) is 4.58. The van der Waals surface area contributed by atoms with Crippen LogP contribution in [-0.2, 0) is 41.8 Å². The molecule has 2 aromatic carbocycles. The predicted molar refractivity (Wildman–Crippen MR) is 162 cm³/mol. The number of benzene rings is 2. The average molecular weight is 567 g/mol. The predicted octanol–water partition coefficient (Wildman–Crippen LogP) is 8.50. The molecule has 226 valence electrons. The minimum absolute atomic E-state index is 0.0640. The lowest BCUT2D eigenvalue weighted by atomic mass is 10.00. The van der Waals surface area contributed by atoms with Crippen molar-refractivity contribution in [2.24, 2.45) is 5.92 Å². The van der Waals surface area contributed by atoms with Crippen molar-refractivity contribution in [2.45, 2.75) is 123 Å². The monoisotopic (exact) mass is 566 g/mol. The highest BCUT2D eigenvalue weighted by Crippen LogP contribution is 2.19. The van der Waals surface area contributed by atoms with E-state index in [9.17, 15) is 14.4 Å². The lowest BCUT2D eigenvalue weighted by Gasteiger charge is -2.17. The second-order valence-electron chi connectivity index (χ2n) is 10.8. The van der Waals surface area contributed by atoms with Gasteiger partial charge in [-0.1, -0.05) is 132 Å². The Bertz CT molecular complexity index is 911. The van der Waals surface area contributed by atoms with Gasteiger partial charge in [0.05, 0.1) is 0 Å². The van der Waals surface area contributed by atoms with Crippen molar-refractivity contribution in [3.05, 3.63) is 71.8 Å². The first-order chi connectivity index (χ1) is 20.0. The average Bonchev–Trinajstić information content (AvgIpc) is 3.00. The Hall–Kier alpha value is -3.15. The molecule has 0 unspecified atom stereocenters. The summed E-state index contributed by atoms with van der Waals surface area (Å²) in [6, 6.07) is 18.9. The fraction of sp³-hybridized carbons (Fsp3) is 0.571. The van der Waals surface area contributed by atoms with Crippen LogP contribution in [0.1, 0.15) is 115 Å². The van der Waals surface area contributed by atoms with Crippen LogP contribution in [0.2, 0.25) is 0 Å². The fourth-order valence-electron chi connectivity index (χ4n) is 4.69. The molecular weight excluding hydrogens is 516 g/mol. The molecule has 0 bridgehead atoms.